The number of alkyl carbamates (subject to hydrolysis) is 1. The van der Waals surface area contributed by atoms with E-state index in [1.54, 1.807) is 20.8 Å². The average molecular weight is 555 g/mol. The second-order valence-corrected chi connectivity index (χ2v) is 10.9. The third kappa shape index (κ3) is 8.81. The molecule has 0 spiro atoms. The molecule has 2 aromatic carbocycles. The van der Waals surface area contributed by atoms with E-state index < -0.39 is 48.1 Å². The Hall–Kier alpha value is -3.92. The molecule has 2 aromatic rings. The van der Waals surface area contributed by atoms with E-state index in [2.05, 4.69) is 10.6 Å². The number of rotatable bonds is 11. The third-order valence-corrected chi connectivity index (χ3v) is 6.40. The summed E-state index contributed by atoms with van der Waals surface area (Å²) in [5.41, 5.74) is 8.97. The Morgan fingerprint density at radius 3 is 1.95 bits per heavy atom. The van der Waals surface area contributed by atoms with Crippen LogP contribution in [0.2, 0.25) is 0 Å². The highest BCUT2D eigenvalue weighted by Gasteiger charge is 2.37. The Morgan fingerprint density at radius 2 is 1.48 bits per heavy atom. The number of amides is 4. The van der Waals surface area contributed by atoms with Gasteiger partial charge in [-0.3, -0.25) is 14.4 Å². The molecule has 0 bridgehead atoms. The highest BCUT2D eigenvalue weighted by atomic mass is 16.6. The zero-order valence-corrected chi connectivity index (χ0v) is 24.5. The van der Waals surface area contributed by atoms with Gasteiger partial charge in [-0.05, 0) is 82.7 Å². The maximum atomic E-state index is 14.1. The van der Waals surface area contributed by atoms with E-state index in [0.29, 0.717) is 11.3 Å². The highest BCUT2D eigenvalue weighted by Crippen LogP contribution is 2.31. The number of benzene rings is 2. The lowest BCUT2D eigenvalue weighted by atomic mass is 9.93. The summed E-state index contributed by atoms with van der Waals surface area (Å²) in [4.78, 5) is 53.6. The van der Waals surface area contributed by atoms with Crippen molar-refractivity contribution in [3.63, 3.8) is 0 Å². The van der Waals surface area contributed by atoms with E-state index in [1.165, 1.54) is 4.90 Å². The van der Waals surface area contributed by atoms with E-state index in [-0.39, 0.29) is 19.4 Å². The van der Waals surface area contributed by atoms with Crippen LogP contribution < -0.4 is 16.4 Å². The SMILES string of the molecule is Cc1cccc(C)c1NC(=O)C(c1c(C)cccc1C)N(CCO)C(=O)C(CCC(N)=O)NC(=O)OC(C)(C)C. The minimum Gasteiger partial charge on any atom is -0.444 e. The van der Waals surface area contributed by atoms with Crippen LogP contribution in [0.5, 0.6) is 0 Å². The Balaban J connectivity index is 2.62. The minimum absolute atomic E-state index is 0.118. The first kappa shape index (κ1) is 32.3. The molecule has 218 valence electrons. The summed E-state index contributed by atoms with van der Waals surface area (Å²) in [6.07, 6.45) is -1.17. The van der Waals surface area contributed by atoms with Gasteiger partial charge in [0.2, 0.25) is 11.8 Å². The molecule has 0 aliphatic heterocycles. The number of ether oxygens (including phenoxy) is 1. The molecule has 0 saturated heterocycles. The Kier molecular flexibility index (Phi) is 11.2. The topological polar surface area (TPSA) is 151 Å². The summed E-state index contributed by atoms with van der Waals surface area (Å²) >= 11 is 0. The number of nitrogens with zero attached hydrogens (tertiary/aromatic N) is 1. The quantitative estimate of drug-likeness (QED) is 0.333. The molecular weight excluding hydrogens is 512 g/mol. The predicted molar refractivity (Wildman–Crippen MR) is 154 cm³/mol. The molecule has 0 heterocycles. The lowest BCUT2D eigenvalue weighted by molar-refractivity contribution is -0.141. The monoisotopic (exact) mass is 554 g/mol. The van der Waals surface area contributed by atoms with Crippen molar-refractivity contribution < 1.29 is 29.0 Å². The van der Waals surface area contributed by atoms with Crippen molar-refractivity contribution in [1.82, 2.24) is 10.2 Å². The van der Waals surface area contributed by atoms with Gasteiger partial charge < -0.3 is 31.1 Å². The molecule has 0 saturated carbocycles. The number of primary amides is 1. The van der Waals surface area contributed by atoms with Crippen molar-refractivity contribution in [2.24, 2.45) is 5.73 Å². The van der Waals surface area contributed by atoms with Crippen LogP contribution in [-0.4, -0.2) is 58.6 Å². The zero-order chi connectivity index (χ0) is 30.2. The van der Waals surface area contributed by atoms with Crippen LogP contribution in [0.15, 0.2) is 36.4 Å². The number of aliphatic hydroxyl groups excluding tert-OH is 1. The van der Waals surface area contributed by atoms with Crippen molar-refractivity contribution >= 4 is 29.5 Å². The fourth-order valence-corrected chi connectivity index (χ4v) is 4.56. The summed E-state index contributed by atoms with van der Waals surface area (Å²) in [5.74, 6) is -1.80. The fourth-order valence-electron chi connectivity index (χ4n) is 4.56. The average Bonchev–Trinajstić information content (AvgIpc) is 2.83. The Bertz CT molecular complexity index is 1200. The predicted octanol–water partition coefficient (Wildman–Crippen LogP) is 3.58. The van der Waals surface area contributed by atoms with Crippen LogP contribution in [0, 0.1) is 27.7 Å². The van der Waals surface area contributed by atoms with Gasteiger partial charge in [-0.15, -0.1) is 0 Å². The third-order valence-electron chi connectivity index (χ3n) is 6.40. The van der Waals surface area contributed by atoms with Crippen molar-refractivity contribution in [1.29, 1.82) is 0 Å². The summed E-state index contributed by atoms with van der Waals surface area (Å²) in [6.45, 7) is 11.8. The number of carbonyl (C=O) groups is 4. The maximum Gasteiger partial charge on any atom is 0.408 e. The second-order valence-electron chi connectivity index (χ2n) is 10.9. The van der Waals surface area contributed by atoms with Crippen LogP contribution in [0.1, 0.15) is 67.5 Å². The molecular formula is C30H42N4O6. The fraction of sp³-hybridized carbons (Fsp3) is 0.467. The number of aliphatic hydroxyl groups is 1. The first-order valence-corrected chi connectivity index (χ1v) is 13.3. The molecule has 0 aromatic heterocycles. The van der Waals surface area contributed by atoms with Gasteiger partial charge >= 0.3 is 6.09 Å². The Labute approximate surface area is 236 Å². The second kappa shape index (κ2) is 13.9. The Morgan fingerprint density at radius 1 is 0.950 bits per heavy atom. The van der Waals surface area contributed by atoms with E-state index in [9.17, 15) is 24.3 Å². The zero-order valence-electron chi connectivity index (χ0n) is 24.5. The first-order chi connectivity index (χ1) is 18.7. The molecule has 5 N–H and O–H groups in total. The molecule has 0 radical (unpaired) electrons. The molecule has 0 aliphatic rings. The molecule has 2 atom stereocenters. The van der Waals surface area contributed by atoms with Crippen LogP contribution in [0.4, 0.5) is 10.5 Å². The lowest BCUT2D eigenvalue weighted by Crippen LogP contribution is -2.53. The van der Waals surface area contributed by atoms with Gasteiger partial charge in [0.05, 0.1) is 6.61 Å². The molecule has 0 aliphatic carbocycles. The van der Waals surface area contributed by atoms with Crippen LogP contribution in [0.3, 0.4) is 0 Å². The van der Waals surface area contributed by atoms with Gasteiger partial charge in [-0.2, -0.15) is 0 Å². The number of aryl methyl sites for hydroxylation is 4. The largest absolute Gasteiger partial charge is 0.444 e. The van der Waals surface area contributed by atoms with Gasteiger partial charge in [0, 0.05) is 18.7 Å². The number of nitrogens with one attached hydrogen (secondary N) is 2. The number of nitrogens with two attached hydrogens (primary N) is 1. The van der Waals surface area contributed by atoms with Gasteiger partial charge in [0.25, 0.3) is 5.91 Å². The summed E-state index contributed by atoms with van der Waals surface area (Å²) in [7, 11) is 0. The van der Waals surface area contributed by atoms with Gasteiger partial charge in [0.1, 0.15) is 17.7 Å². The summed E-state index contributed by atoms with van der Waals surface area (Å²) in [5, 5.41) is 15.5. The van der Waals surface area contributed by atoms with Crippen LogP contribution in [0.25, 0.3) is 0 Å². The molecule has 2 rings (SSSR count). The van der Waals surface area contributed by atoms with Gasteiger partial charge in [-0.25, -0.2) is 4.79 Å². The number of carbonyl (C=O) groups excluding carboxylic acids is 4. The standard InChI is InChI=1S/C30H42N4O6/c1-18-10-8-11-19(2)24(18)26(27(37)33-25-20(3)12-9-13-21(25)4)34(16-17-35)28(38)22(14-15-23(31)36)32-29(39)40-30(5,6)7/h8-13,22,26,35H,14-17H2,1-7H3,(H2,31,36)(H,32,39)(H,33,37). The van der Waals surface area contributed by atoms with E-state index in [1.807, 2.05) is 64.1 Å². The summed E-state index contributed by atoms with van der Waals surface area (Å²) < 4.78 is 5.34. The number of hydrogen-bond acceptors (Lipinski definition) is 6. The van der Waals surface area contributed by atoms with Crippen LogP contribution >= 0.6 is 0 Å². The van der Waals surface area contributed by atoms with Crippen molar-refractivity contribution in [3.05, 3.63) is 64.2 Å². The number of para-hydroxylation sites is 1. The van der Waals surface area contributed by atoms with Crippen LogP contribution in [-0.2, 0) is 19.1 Å². The van der Waals surface area contributed by atoms with Crippen molar-refractivity contribution in [2.45, 2.75) is 79.0 Å². The molecule has 4 amide bonds. The highest BCUT2D eigenvalue weighted by molar-refractivity contribution is 6.00. The van der Waals surface area contributed by atoms with Gasteiger partial charge in [0.15, 0.2) is 0 Å². The smallest absolute Gasteiger partial charge is 0.408 e. The molecule has 40 heavy (non-hydrogen) atoms. The molecule has 2 unspecified atom stereocenters. The molecule has 0 fully saturated rings. The van der Waals surface area contributed by atoms with Crippen molar-refractivity contribution in [3.8, 4) is 0 Å². The molecule has 10 heteroatoms. The maximum absolute atomic E-state index is 14.1. The van der Waals surface area contributed by atoms with Crippen molar-refractivity contribution in [2.75, 3.05) is 18.5 Å². The van der Waals surface area contributed by atoms with E-state index in [4.69, 9.17) is 10.5 Å². The minimum atomic E-state index is -1.24. The summed E-state index contributed by atoms with van der Waals surface area (Å²) in [6, 6.07) is 8.77. The lowest BCUT2D eigenvalue weighted by Gasteiger charge is -2.35. The number of hydrogen-bond donors (Lipinski definition) is 4. The number of anilines is 1. The van der Waals surface area contributed by atoms with E-state index >= 15 is 0 Å². The van der Waals surface area contributed by atoms with E-state index in [0.717, 1.165) is 22.3 Å². The first-order valence-electron chi connectivity index (χ1n) is 13.3. The van der Waals surface area contributed by atoms with Gasteiger partial charge in [-0.1, -0.05) is 36.4 Å². The molecule has 10 nitrogen and oxygen atoms in total. The normalized spacial score (nSPS) is 12.7.